The van der Waals surface area contributed by atoms with Crippen molar-refractivity contribution in [1.29, 1.82) is 0 Å². The molecule has 0 spiro atoms. The summed E-state index contributed by atoms with van der Waals surface area (Å²) in [6, 6.07) is 0.918. The maximum Gasteiger partial charge on any atom is 0.333 e. The van der Waals surface area contributed by atoms with Crippen molar-refractivity contribution in [3.63, 3.8) is 0 Å². The highest BCUT2D eigenvalue weighted by Crippen LogP contribution is 2.17. The minimum absolute atomic E-state index is 0.173. The average molecular weight is 283 g/mol. The lowest BCUT2D eigenvalue weighted by atomic mass is 10.1. The number of nitrogens with zero attached hydrogens (tertiary/aromatic N) is 4. The van der Waals surface area contributed by atoms with E-state index in [-0.39, 0.29) is 11.7 Å². The number of halogens is 2. The van der Waals surface area contributed by atoms with Gasteiger partial charge in [-0.15, -0.1) is 0 Å². The van der Waals surface area contributed by atoms with Crippen molar-refractivity contribution in [1.82, 2.24) is 24.9 Å². The molecule has 0 fully saturated rings. The van der Waals surface area contributed by atoms with Crippen molar-refractivity contribution in [2.75, 3.05) is 0 Å². The normalized spacial score (nSPS) is 12.7. The van der Waals surface area contributed by atoms with Gasteiger partial charge in [0.1, 0.15) is 5.69 Å². The topological polar surface area (TPSA) is 64.7 Å². The SMILES string of the molecule is Cc1c(C(C)NC(=O)c2ccnn2C(F)F)cnn1C. The Hall–Kier alpha value is -2.25. The zero-order chi connectivity index (χ0) is 14.9. The second-order valence-corrected chi connectivity index (χ2v) is 4.44. The average Bonchev–Trinajstić information content (AvgIpc) is 2.98. The summed E-state index contributed by atoms with van der Waals surface area (Å²) < 4.78 is 27.4. The van der Waals surface area contributed by atoms with E-state index in [9.17, 15) is 13.6 Å². The zero-order valence-corrected chi connectivity index (χ0v) is 11.3. The molecule has 0 aliphatic carbocycles. The molecule has 0 saturated carbocycles. The minimum Gasteiger partial charge on any atom is -0.344 e. The van der Waals surface area contributed by atoms with Crippen LogP contribution in [0.3, 0.4) is 0 Å². The summed E-state index contributed by atoms with van der Waals surface area (Å²) >= 11 is 0. The number of hydrogen-bond acceptors (Lipinski definition) is 3. The van der Waals surface area contributed by atoms with Crippen LogP contribution in [-0.4, -0.2) is 25.5 Å². The van der Waals surface area contributed by atoms with Crippen molar-refractivity contribution >= 4 is 5.91 Å². The highest BCUT2D eigenvalue weighted by atomic mass is 19.3. The van der Waals surface area contributed by atoms with Gasteiger partial charge in [0.15, 0.2) is 0 Å². The highest BCUT2D eigenvalue weighted by molar-refractivity contribution is 5.92. The Bertz CT molecular complexity index is 619. The first kappa shape index (κ1) is 14.2. The molecule has 2 aromatic heterocycles. The van der Waals surface area contributed by atoms with Crippen molar-refractivity contribution < 1.29 is 13.6 Å². The molecule has 1 unspecified atom stereocenters. The molecule has 0 radical (unpaired) electrons. The fourth-order valence-corrected chi connectivity index (χ4v) is 1.94. The van der Waals surface area contributed by atoms with Crippen LogP contribution >= 0.6 is 0 Å². The molecule has 6 nitrogen and oxygen atoms in total. The second kappa shape index (κ2) is 5.40. The van der Waals surface area contributed by atoms with E-state index in [1.54, 1.807) is 24.9 Å². The first-order valence-corrected chi connectivity index (χ1v) is 6.02. The summed E-state index contributed by atoms with van der Waals surface area (Å²) in [5.74, 6) is -0.599. The number of aromatic nitrogens is 4. The fourth-order valence-electron chi connectivity index (χ4n) is 1.94. The Morgan fingerprint density at radius 2 is 2.10 bits per heavy atom. The monoisotopic (exact) mass is 283 g/mol. The Morgan fingerprint density at radius 3 is 2.65 bits per heavy atom. The molecule has 8 heteroatoms. The molecular formula is C12H15F2N5O. The van der Waals surface area contributed by atoms with E-state index in [2.05, 4.69) is 15.5 Å². The van der Waals surface area contributed by atoms with Gasteiger partial charge in [0.25, 0.3) is 5.91 Å². The smallest absolute Gasteiger partial charge is 0.333 e. The number of carbonyl (C=O) groups is 1. The Morgan fingerprint density at radius 1 is 1.40 bits per heavy atom. The number of hydrogen-bond donors (Lipinski definition) is 1. The molecule has 0 saturated heterocycles. The summed E-state index contributed by atoms with van der Waals surface area (Å²) in [5.41, 5.74) is 1.57. The number of aryl methyl sites for hydroxylation is 1. The largest absolute Gasteiger partial charge is 0.344 e. The third-order valence-electron chi connectivity index (χ3n) is 3.18. The molecule has 0 aliphatic rings. The van der Waals surface area contributed by atoms with Gasteiger partial charge >= 0.3 is 6.55 Å². The lowest BCUT2D eigenvalue weighted by molar-refractivity contribution is 0.0507. The minimum atomic E-state index is -2.85. The van der Waals surface area contributed by atoms with Gasteiger partial charge in [-0.05, 0) is 19.9 Å². The van der Waals surface area contributed by atoms with Gasteiger partial charge in [0, 0.05) is 24.5 Å². The molecule has 1 N–H and O–H groups in total. The maximum absolute atomic E-state index is 12.7. The number of alkyl halides is 2. The van der Waals surface area contributed by atoms with E-state index < -0.39 is 12.5 Å². The van der Waals surface area contributed by atoms with Crippen molar-refractivity contribution in [2.45, 2.75) is 26.4 Å². The van der Waals surface area contributed by atoms with Crippen molar-refractivity contribution in [3.8, 4) is 0 Å². The summed E-state index contributed by atoms with van der Waals surface area (Å²) in [4.78, 5) is 12.0. The van der Waals surface area contributed by atoms with Gasteiger partial charge in [0.05, 0.1) is 12.2 Å². The molecule has 108 valence electrons. The Labute approximate surface area is 114 Å². The molecule has 2 rings (SSSR count). The Balaban J connectivity index is 2.15. The van der Waals surface area contributed by atoms with Crippen LogP contribution in [0.5, 0.6) is 0 Å². The lowest BCUT2D eigenvalue weighted by Gasteiger charge is -2.14. The number of rotatable bonds is 4. The van der Waals surface area contributed by atoms with E-state index in [0.717, 1.165) is 11.3 Å². The summed E-state index contributed by atoms with van der Waals surface area (Å²) in [5, 5.41) is 10.2. The standard InChI is InChI=1S/C12H15F2N5O/c1-7(9-6-16-18(3)8(9)2)17-11(20)10-4-5-15-19(10)12(13)14/h4-7,12H,1-3H3,(H,17,20). The third kappa shape index (κ3) is 2.54. The molecule has 0 aromatic carbocycles. The van der Waals surface area contributed by atoms with Crippen molar-refractivity contribution in [2.24, 2.45) is 7.05 Å². The third-order valence-corrected chi connectivity index (χ3v) is 3.18. The highest BCUT2D eigenvalue weighted by Gasteiger charge is 2.21. The predicted molar refractivity (Wildman–Crippen MR) is 67.3 cm³/mol. The molecule has 2 aromatic rings. The molecular weight excluding hydrogens is 268 g/mol. The molecule has 20 heavy (non-hydrogen) atoms. The predicted octanol–water partition coefficient (Wildman–Crippen LogP) is 1.81. The van der Waals surface area contributed by atoms with Gasteiger partial charge in [-0.1, -0.05) is 0 Å². The molecule has 1 amide bonds. The Kier molecular flexibility index (Phi) is 3.82. The molecule has 0 bridgehead atoms. The van der Waals surface area contributed by atoms with Crippen LogP contribution < -0.4 is 5.32 Å². The van der Waals surface area contributed by atoms with Crippen LogP contribution in [0.15, 0.2) is 18.5 Å². The van der Waals surface area contributed by atoms with Crippen LogP contribution in [0.2, 0.25) is 0 Å². The van der Waals surface area contributed by atoms with E-state index in [1.807, 2.05) is 6.92 Å². The van der Waals surface area contributed by atoms with Gasteiger partial charge < -0.3 is 5.32 Å². The number of nitrogens with one attached hydrogen (secondary N) is 1. The first-order valence-electron chi connectivity index (χ1n) is 6.02. The van der Waals surface area contributed by atoms with E-state index in [0.29, 0.717) is 4.68 Å². The van der Waals surface area contributed by atoms with Crippen molar-refractivity contribution in [3.05, 3.63) is 35.4 Å². The molecule has 2 heterocycles. The van der Waals surface area contributed by atoms with Gasteiger partial charge in [-0.25, -0.2) is 0 Å². The van der Waals surface area contributed by atoms with E-state index in [1.165, 1.54) is 12.3 Å². The first-order chi connectivity index (χ1) is 9.41. The van der Waals surface area contributed by atoms with Crippen LogP contribution in [0, 0.1) is 6.92 Å². The maximum atomic E-state index is 12.7. The van der Waals surface area contributed by atoms with Crippen LogP contribution in [0.25, 0.3) is 0 Å². The van der Waals surface area contributed by atoms with E-state index >= 15 is 0 Å². The van der Waals surface area contributed by atoms with Crippen LogP contribution in [0.4, 0.5) is 8.78 Å². The van der Waals surface area contributed by atoms with Crippen LogP contribution in [0.1, 0.15) is 41.3 Å². The molecule has 0 aliphatic heterocycles. The van der Waals surface area contributed by atoms with Gasteiger partial charge in [-0.3, -0.25) is 9.48 Å². The van der Waals surface area contributed by atoms with Gasteiger partial charge in [-0.2, -0.15) is 23.7 Å². The number of carbonyl (C=O) groups excluding carboxylic acids is 1. The number of amides is 1. The fraction of sp³-hybridized carbons (Fsp3) is 0.417. The quantitative estimate of drug-likeness (QED) is 0.930. The lowest BCUT2D eigenvalue weighted by Crippen LogP contribution is -2.29. The summed E-state index contributed by atoms with van der Waals surface area (Å²) in [6.45, 7) is 0.792. The molecule has 1 atom stereocenters. The summed E-state index contributed by atoms with van der Waals surface area (Å²) in [7, 11) is 1.79. The second-order valence-electron chi connectivity index (χ2n) is 4.44. The van der Waals surface area contributed by atoms with Crippen LogP contribution in [-0.2, 0) is 7.05 Å². The zero-order valence-electron chi connectivity index (χ0n) is 11.3. The summed E-state index contributed by atoms with van der Waals surface area (Å²) in [6.07, 6.45) is 2.81. The van der Waals surface area contributed by atoms with Gasteiger partial charge in [0.2, 0.25) is 0 Å². The van der Waals surface area contributed by atoms with E-state index in [4.69, 9.17) is 0 Å².